The van der Waals surface area contributed by atoms with Crippen LogP contribution in [0.2, 0.25) is 0 Å². The Morgan fingerprint density at radius 3 is 2.86 bits per heavy atom. The lowest BCUT2D eigenvalue weighted by Gasteiger charge is -2.13. The molecular weight excluding hydrogens is 176 g/mol. The molecule has 1 rings (SSSR count). The number of aromatic amines is 1. The van der Waals surface area contributed by atoms with Crippen LogP contribution in [0.15, 0.2) is 6.33 Å². The summed E-state index contributed by atoms with van der Waals surface area (Å²) >= 11 is 0. The standard InChI is InChI=1S/C10H20N4/c1-2-3-9(6-7-11)4-5-10-12-8-13-14-10/h8-9H,2-7,11H2,1H3,(H,12,13,14). The molecule has 0 aliphatic heterocycles. The molecule has 1 unspecified atom stereocenters. The third-order valence-corrected chi connectivity index (χ3v) is 2.53. The number of nitrogens with one attached hydrogen (secondary N) is 1. The van der Waals surface area contributed by atoms with Crippen LogP contribution in [0.4, 0.5) is 0 Å². The zero-order chi connectivity index (χ0) is 10.2. The van der Waals surface area contributed by atoms with Crippen LogP contribution < -0.4 is 5.73 Å². The molecule has 1 heterocycles. The number of aryl methyl sites for hydroxylation is 1. The summed E-state index contributed by atoms with van der Waals surface area (Å²) in [5, 5.41) is 6.72. The van der Waals surface area contributed by atoms with Crippen molar-refractivity contribution >= 4 is 0 Å². The first-order valence-electron chi connectivity index (χ1n) is 5.41. The van der Waals surface area contributed by atoms with E-state index in [2.05, 4.69) is 22.1 Å². The minimum Gasteiger partial charge on any atom is -0.330 e. The van der Waals surface area contributed by atoms with Crippen LogP contribution in [0.3, 0.4) is 0 Å². The number of aromatic nitrogens is 3. The molecule has 14 heavy (non-hydrogen) atoms. The predicted molar refractivity (Wildman–Crippen MR) is 56.8 cm³/mol. The summed E-state index contributed by atoms with van der Waals surface area (Å²) in [5.74, 6) is 1.73. The lowest BCUT2D eigenvalue weighted by molar-refractivity contribution is 0.418. The van der Waals surface area contributed by atoms with Gasteiger partial charge in [-0.15, -0.1) is 0 Å². The molecule has 1 aromatic heterocycles. The van der Waals surface area contributed by atoms with Crippen molar-refractivity contribution in [1.29, 1.82) is 0 Å². The highest BCUT2D eigenvalue weighted by atomic mass is 15.2. The van der Waals surface area contributed by atoms with Gasteiger partial charge in [0.25, 0.3) is 0 Å². The maximum Gasteiger partial charge on any atom is 0.137 e. The summed E-state index contributed by atoms with van der Waals surface area (Å²) in [6.45, 7) is 3.01. The van der Waals surface area contributed by atoms with Crippen molar-refractivity contribution in [3.05, 3.63) is 12.2 Å². The molecule has 0 saturated carbocycles. The van der Waals surface area contributed by atoms with Gasteiger partial charge in [-0.1, -0.05) is 19.8 Å². The molecule has 4 nitrogen and oxygen atoms in total. The minimum absolute atomic E-state index is 0.745. The molecule has 0 saturated heterocycles. The monoisotopic (exact) mass is 196 g/mol. The summed E-state index contributed by atoms with van der Waals surface area (Å²) in [5.41, 5.74) is 5.57. The van der Waals surface area contributed by atoms with Crippen LogP contribution in [0.5, 0.6) is 0 Å². The number of rotatable bonds is 7. The van der Waals surface area contributed by atoms with Crippen molar-refractivity contribution in [3.8, 4) is 0 Å². The zero-order valence-corrected chi connectivity index (χ0v) is 8.87. The molecule has 4 heteroatoms. The lowest BCUT2D eigenvalue weighted by Crippen LogP contribution is -2.10. The fourth-order valence-corrected chi connectivity index (χ4v) is 1.77. The van der Waals surface area contributed by atoms with E-state index >= 15 is 0 Å². The van der Waals surface area contributed by atoms with E-state index in [0.717, 1.165) is 31.1 Å². The SMILES string of the molecule is CCCC(CCN)CCc1ncn[nH]1. The summed E-state index contributed by atoms with van der Waals surface area (Å²) in [6, 6.07) is 0. The van der Waals surface area contributed by atoms with E-state index in [9.17, 15) is 0 Å². The molecule has 0 amide bonds. The molecule has 0 aliphatic rings. The maximum absolute atomic E-state index is 5.57. The van der Waals surface area contributed by atoms with E-state index in [-0.39, 0.29) is 0 Å². The molecule has 0 aliphatic carbocycles. The van der Waals surface area contributed by atoms with Gasteiger partial charge in [0.2, 0.25) is 0 Å². The van der Waals surface area contributed by atoms with E-state index < -0.39 is 0 Å². The molecule has 0 fully saturated rings. The van der Waals surface area contributed by atoms with Crippen molar-refractivity contribution in [2.75, 3.05) is 6.54 Å². The van der Waals surface area contributed by atoms with E-state index in [1.54, 1.807) is 6.33 Å². The molecule has 0 radical (unpaired) electrons. The van der Waals surface area contributed by atoms with E-state index in [4.69, 9.17) is 5.73 Å². The minimum atomic E-state index is 0.745. The van der Waals surface area contributed by atoms with Gasteiger partial charge >= 0.3 is 0 Å². The van der Waals surface area contributed by atoms with Crippen LogP contribution in [0, 0.1) is 5.92 Å². The molecule has 3 N–H and O–H groups in total. The van der Waals surface area contributed by atoms with Gasteiger partial charge < -0.3 is 5.73 Å². The van der Waals surface area contributed by atoms with E-state index in [1.165, 1.54) is 19.3 Å². The van der Waals surface area contributed by atoms with Gasteiger partial charge in [0.15, 0.2) is 0 Å². The summed E-state index contributed by atoms with van der Waals surface area (Å²) in [7, 11) is 0. The molecule has 0 spiro atoms. The maximum atomic E-state index is 5.57. The van der Waals surface area contributed by atoms with Gasteiger partial charge in [-0.3, -0.25) is 5.10 Å². The highest BCUT2D eigenvalue weighted by molar-refractivity contribution is 4.80. The first-order valence-corrected chi connectivity index (χ1v) is 5.41. The molecular formula is C10H20N4. The Balaban J connectivity index is 2.25. The largest absolute Gasteiger partial charge is 0.330 e. The van der Waals surface area contributed by atoms with E-state index in [1.807, 2.05) is 0 Å². The van der Waals surface area contributed by atoms with Gasteiger partial charge in [0.05, 0.1) is 0 Å². The van der Waals surface area contributed by atoms with Gasteiger partial charge in [-0.2, -0.15) is 5.10 Å². The summed E-state index contributed by atoms with van der Waals surface area (Å²) in [6.07, 6.45) is 7.35. The van der Waals surface area contributed by atoms with Crippen LogP contribution >= 0.6 is 0 Å². The lowest BCUT2D eigenvalue weighted by atomic mass is 9.94. The smallest absolute Gasteiger partial charge is 0.137 e. The number of hydrogen-bond donors (Lipinski definition) is 2. The Morgan fingerprint density at radius 2 is 2.29 bits per heavy atom. The van der Waals surface area contributed by atoms with Crippen LogP contribution in [0.1, 0.15) is 38.4 Å². The fraction of sp³-hybridized carbons (Fsp3) is 0.800. The number of H-pyrrole nitrogens is 1. The third-order valence-electron chi connectivity index (χ3n) is 2.53. The predicted octanol–water partition coefficient (Wildman–Crippen LogP) is 1.50. The molecule has 1 atom stereocenters. The quantitative estimate of drug-likeness (QED) is 0.694. The second-order valence-electron chi connectivity index (χ2n) is 3.70. The van der Waals surface area contributed by atoms with Crippen molar-refractivity contribution in [2.45, 2.75) is 39.0 Å². The Kier molecular flexibility index (Phi) is 5.22. The van der Waals surface area contributed by atoms with E-state index in [0.29, 0.717) is 0 Å². The number of nitrogens with two attached hydrogens (primary N) is 1. The number of hydrogen-bond acceptors (Lipinski definition) is 3. The van der Waals surface area contributed by atoms with Gasteiger partial charge in [-0.25, -0.2) is 4.98 Å². The molecule has 0 aromatic carbocycles. The Labute approximate surface area is 85.3 Å². The summed E-state index contributed by atoms with van der Waals surface area (Å²) in [4.78, 5) is 4.11. The zero-order valence-electron chi connectivity index (χ0n) is 8.87. The molecule has 80 valence electrons. The molecule has 1 aromatic rings. The van der Waals surface area contributed by atoms with Gasteiger partial charge in [0, 0.05) is 6.42 Å². The second-order valence-corrected chi connectivity index (χ2v) is 3.70. The van der Waals surface area contributed by atoms with Crippen LogP contribution in [-0.4, -0.2) is 21.7 Å². The number of nitrogens with zero attached hydrogens (tertiary/aromatic N) is 2. The topological polar surface area (TPSA) is 67.6 Å². The first kappa shape index (κ1) is 11.2. The highest BCUT2D eigenvalue weighted by Gasteiger charge is 2.07. The average molecular weight is 196 g/mol. The van der Waals surface area contributed by atoms with Crippen molar-refractivity contribution < 1.29 is 0 Å². The second kappa shape index (κ2) is 6.54. The van der Waals surface area contributed by atoms with Crippen LogP contribution in [-0.2, 0) is 6.42 Å². The third kappa shape index (κ3) is 3.87. The Bertz CT molecular complexity index is 214. The Morgan fingerprint density at radius 1 is 1.43 bits per heavy atom. The van der Waals surface area contributed by atoms with Crippen molar-refractivity contribution in [1.82, 2.24) is 15.2 Å². The van der Waals surface area contributed by atoms with Crippen molar-refractivity contribution in [3.63, 3.8) is 0 Å². The van der Waals surface area contributed by atoms with Gasteiger partial charge in [-0.05, 0) is 25.3 Å². The first-order chi connectivity index (χ1) is 6.86. The van der Waals surface area contributed by atoms with Crippen LogP contribution in [0.25, 0.3) is 0 Å². The highest BCUT2D eigenvalue weighted by Crippen LogP contribution is 2.16. The Hall–Kier alpha value is -0.900. The molecule has 0 bridgehead atoms. The fourth-order valence-electron chi connectivity index (χ4n) is 1.77. The average Bonchev–Trinajstić information content (AvgIpc) is 2.67. The van der Waals surface area contributed by atoms with Gasteiger partial charge in [0.1, 0.15) is 12.2 Å². The normalized spacial score (nSPS) is 13.0. The summed E-state index contributed by atoms with van der Waals surface area (Å²) < 4.78 is 0. The van der Waals surface area contributed by atoms with Crippen molar-refractivity contribution in [2.24, 2.45) is 11.7 Å².